The minimum atomic E-state index is -0.584. The van der Waals surface area contributed by atoms with Crippen LogP contribution in [-0.4, -0.2) is 61.4 Å². The summed E-state index contributed by atoms with van der Waals surface area (Å²) in [5.74, 6) is 0. The van der Waals surface area contributed by atoms with E-state index in [-0.39, 0.29) is 12.6 Å². The zero-order chi connectivity index (χ0) is 18.2. The first kappa shape index (κ1) is 18.2. The molecule has 1 aliphatic heterocycles. The molecule has 2 amide bonds. The van der Waals surface area contributed by atoms with Crippen molar-refractivity contribution < 1.29 is 9.90 Å². The molecule has 0 aliphatic carbocycles. The van der Waals surface area contributed by atoms with Gasteiger partial charge in [0.2, 0.25) is 0 Å². The van der Waals surface area contributed by atoms with Gasteiger partial charge in [-0.3, -0.25) is 4.90 Å². The standard InChI is InChI=1S/C20H26N4O2/c25-19(15-21-20(26)22-17-7-3-1-4-8-17)16-23-11-13-24(14-12-23)18-9-5-2-6-10-18/h1-10,19,25H,11-16H2,(H2,21,22,26)/t19-/m1/s1. The van der Waals surface area contributed by atoms with Crippen LogP contribution < -0.4 is 15.5 Å². The van der Waals surface area contributed by atoms with Gasteiger partial charge in [-0.1, -0.05) is 36.4 Å². The minimum Gasteiger partial charge on any atom is -0.390 e. The molecule has 6 heteroatoms. The Labute approximate surface area is 154 Å². The fraction of sp³-hybridized carbons (Fsp3) is 0.350. The van der Waals surface area contributed by atoms with Gasteiger partial charge in [-0.2, -0.15) is 0 Å². The Morgan fingerprint density at radius 1 is 0.962 bits per heavy atom. The van der Waals surface area contributed by atoms with E-state index in [2.05, 4.69) is 44.7 Å². The minimum absolute atomic E-state index is 0.234. The predicted octanol–water partition coefficient (Wildman–Crippen LogP) is 1.99. The van der Waals surface area contributed by atoms with Crippen LogP contribution >= 0.6 is 0 Å². The molecule has 6 nitrogen and oxygen atoms in total. The third kappa shape index (κ3) is 5.47. The highest BCUT2D eigenvalue weighted by Gasteiger charge is 2.19. The Kier molecular flexibility index (Phi) is 6.46. The van der Waals surface area contributed by atoms with Gasteiger partial charge in [-0.05, 0) is 24.3 Å². The second-order valence-corrected chi connectivity index (χ2v) is 6.48. The molecule has 0 radical (unpaired) electrons. The van der Waals surface area contributed by atoms with Crippen LogP contribution in [0, 0.1) is 0 Å². The monoisotopic (exact) mass is 354 g/mol. The fourth-order valence-electron chi connectivity index (χ4n) is 3.10. The molecule has 2 aromatic carbocycles. The summed E-state index contributed by atoms with van der Waals surface area (Å²) < 4.78 is 0. The van der Waals surface area contributed by atoms with Gasteiger partial charge in [-0.25, -0.2) is 4.79 Å². The highest BCUT2D eigenvalue weighted by molar-refractivity contribution is 5.89. The van der Waals surface area contributed by atoms with E-state index in [0.717, 1.165) is 31.9 Å². The maximum Gasteiger partial charge on any atom is 0.319 e. The van der Waals surface area contributed by atoms with E-state index < -0.39 is 6.10 Å². The van der Waals surface area contributed by atoms with Gasteiger partial charge >= 0.3 is 6.03 Å². The summed E-state index contributed by atoms with van der Waals surface area (Å²) in [6.07, 6.45) is -0.584. The Morgan fingerprint density at radius 3 is 2.23 bits per heavy atom. The quantitative estimate of drug-likeness (QED) is 0.742. The van der Waals surface area contributed by atoms with Crippen molar-refractivity contribution in [3.8, 4) is 0 Å². The van der Waals surface area contributed by atoms with Crippen molar-refractivity contribution in [3.05, 3.63) is 60.7 Å². The molecule has 1 fully saturated rings. The average molecular weight is 354 g/mol. The van der Waals surface area contributed by atoms with Crippen molar-refractivity contribution in [1.82, 2.24) is 10.2 Å². The Hall–Kier alpha value is -2.57. The van der Waals surface area contributed by atoms with Crippen LogP contribution in [0.15, 0.2) is 60.7 Å². The molecule has 1 saturated heterocycles. The third-order valence-electron chi connectivity index (χ3n) is 4.49. The number of piperazine rings is 1. The van der Waals surface area contributed by atoms with Gasteiger partial charge in [0.15, 0.2) is 0 Å². The van der Waals surface area contributed by atoms with E-state index in [9.17, 15) is 9.90 Å². The van der Waals surface area contributed by atoms with Gasteiger partial charge in [0.25, 0.3) is 0 Å². The number of nitrogens with one attached hydrogen (secondary N) is 2. The lowest BCUT2D eigenvalue weighted by Crippen LogP contribution is -2.50. The van der Waals surface area contributed by atoms with E-state index >= 15 is 0 Å². The summed E-state index contributed by atoms with van der Waals surface area (Å²) in [5, 5.41) is 15.7. The second kappa shape index (κ2) is 9.22. The third-order valence-corrected chi connectivity index (χ3v) is 4.49. The van der Waals surface area contributed by atoms with Gasteiger partial charge in [-0.15, -0.1) is 0 Å². The normalized spacial score (nSPS) is 16.1. The van der Waals surface area contributed by atoms with E-state index in [1.165, 1.54) is 5.69 Å². The summed E-state index contributed by atoms with van der Waals surface area (Å²) in [7, 11) is 0. The molecule has 26 heavy (non-hydrogen) atoms. The highest BCUT2D eigenvalue weighted by Crippen LogP contribution is 2.15. The summed E-state index contributed by atoms with van der Waals surface area (Å²) in [6.45, 7) is 4.49. The number of nitrogens with zero attached hydrogens (tertiary/aromatic N) is 2. The summed E-state index contributed by atoms with van der Waals surface area (Å²) >= 11 is 0. The SMILES string of the molecule is O=C(NC[C@@H](O)CN1CCN(c2ccccc2)CC1)Nc1ccccc1. The Balaban J connectivity index is 1.35. The van der Waals surface area contributed by atoms with E-state index in [0.29, 0.717) is 6.54 Å². The van der Waals surface area contributed by atoms with E-state index in [1.807, 2.05) is 36.4 Å². The van der Waals surface area contributed by atoms with Crippen molar-refractivity contribution in [2.75, 3.05) is 49.5 Å². The first-order chi connectivity index (χ1) is 12.7. The molecule has 1 heterocycles. The summed E-state index contributed by atoms with van der Waals surface area (Å²) in [6, 6.07) is 19.3. The predicted molar refractivity (Wildman–Crippen MR) is 105 cm³/mol. The van der Waals surface area contributed by atoms with Crippen molar-refractivity contribution in [1.29, 1.82) is 0 Å². The molecule has 0 saturated carbocycles. The fourth-order valence-corrected chi connectivity index (χ4v) is 3.10. The summed E-state index contributed by atoms with van der Waals surface area (Å²) in [4.78, 5) is 16.4. The van der Waals surface area contributed by atoms with Crippen LogP contribution in [0.4, 0.5) is 16.2 Å². The number of urea groups is 1. The molecule has 1 aliphatic rings. The number of rotatable bonds is 6. The molecule has 0 bridgehead atoms. The number of β-amino-alcohol motifs (C(OH)–C–C–N with tert-alkyl or cyclic N) is 1. The van der Waals surface area contributed by atoms with Crippen LogP contribution in [0.5, 0.6) is 0 Å². The Bertz CT molecular complexity index is 673. The smallest absolute Gasteiger partial charge is 0.319 e. The van der Waals surface area contributed by atoms with Crippen molar-refractivity contribution in [2.24, 2.45) is 0 Å². The van der Waals surface area contributed by atoms with Crippen LogP contribution in [0.25, 0.3) is 0 Å². The molecular weight excluding hydrogens is 328 g/mol. The first-order valence-electron chi connectivity index (χ1n) is 9.01. The van der Waals surface area contributed by atoms with Crippen LogP contribution in [-0.2, 0) is 0 Å². The molecule has 0 spiro atoms. The van der Waals surface area contributed by atoms with Crippen molar-refractivity contribution in [2.45, 2.75) is 6.10 Å². The molecule has 3 N–H and O–H groups in total. The Morgan fingerprint density at radius 2 is 1.58 bits per heavy atom. The lowest BCUT2D eigenvalue weighted by Gasteiger charge is -2.36. The average Bonchev–Trinajstić information content (AvgIpc) is 2.68. The van der Waals surface area contributed by atoms with Gasteiger partial charge < -0.3 is 20.6 Å². The zero-order valence-corrected chi connectivity index (χ0v) is 14.8. The topological polar surface area (TPSA) is 67.8 Å². The maximum absolute atomic E-state index is 11.9. The van der Waals surface area contributed by atoms with Gasteiger partial charge in [0.05, 0.1) is 6.10 Å². The number of carbonyl (C=O) groups is 1. The van der Waals surface area contributed by atoms with Crippen LogP contribution in [0.3, 0.4) is 0 Å². The molecular formula is C20H26N4O2. The highest BCUT2D eigenvalue weighted by atomic mass is 16.3. The number of hydrogen-bond donors (Lipinski definition) is 3. The van der Waals surface area contributed by atoms with Crippen molar-refractivity contribution in [3.63, 3.8) is 0 Å². The van der Waals surface area contributed by atoms with Gasteiger partial charge in [0, 0.05) is 50.6 Å². The number of aliphatic hydroxyl groups excluding tert-OH is 1. The second-order valence-electron chi connectivity index (χ2n) is 6.48. The zero-order valence-electron chi connectivity index (χ0n) is 14.8. The molecule has 1 atom stereocenters. The largest absolute Gasteiger partial charge is 0.390 e. The lowest BCUT2D eigenvalue weighted by atomic mass is 10.2. The number of carbonyl (C=O) groups excluding carboxylic acids is 1. The number of amides is 2. The number of benzene rings is 2. The van der Waals surface area contributed by atoms with E-state index in [4.69, 9.17) is 0 Å². The van der Waals surface area contributed by atoms with Crippen LogP contribution in [0.2, 0.25) is 0 Å². The summed E-state index contributed by atoms with van der Waals surface area (Å²) in [5.41, 5.74) is 1.98. The number of anilines is 2. The molecule has 3 rings (SSSR count). The molecule has 0 aromatic heterocycles. The maximum atomic E-state index is 11.9. The lowest BCUT2D eigenvalue weighted by molar-refractivity contribution is 0.109. The van der Waals surface area contributed by atoms with E-state index in [1.54, 1.807) is 0 Å². The molecule has 2 aromatic rings. The van der Waals surface area contributed by atoms with Crippen molar-refractivity contribution >= 4 is 17.4 Å². The van der Waals surface area contributed by atoms with Crippen LogP contribution in [0.1, 0.15) is 0 Å². The van der Waals surface area contributed by atoms with Gasteiger partial charge in [0.1, 0.15) is 0 Å². The number of aliphatic hydroxyl groups is 1. The number of hydrogen-bond acceptors (Lipinski definition) is 4. The number of para-hydroxylation sites is 2. The first-order valence-corrected chi connectivity index (χ1v) is 9.01. The molecule has 0 unspecified atom stereocenters. The molecule has 138 valence electrons.